The molecule has 0 saturated carbocycles. The second-order valence-electron chi connectivity index (χ2n) is 4.61. The van der Waals surface area contributed by atoms with Crippen LogP contribution in [0.1, 0.15) is 41.2 Å². The summed E-state index contributed by atoms with van der Waals surface area (Å²) in [4.78, 5) is 17.8. The van der Waals surface area contributed by atoms with E-state index in [0.717, 1.165) is 17.7 Å². The summed E-state index contributed by atoms with van der Waals surface area (Å²) >= 11 is 7.72. The Kier molecular flexibility index (Phi) is 5.59. The highest BCUT2D eigenvalue weighted by Crippen LogP contribution is 2.24. The Balaban J connectivity index is 2.19. The third kappa shape index (κ3) is 3.95. The standard InChI is InChI=1S/C15H18ClN3OS/c1-3-5-11(12-6-4-9-21-12)18-15(20)14-10(16)7-8-13(17-2)19-14/h4,6-9,11H,3,5H2,1-2H3,(H,17,19)(H,18,20). The number of hydrogen-bond acceptors (Lipinski definition) is 4. The molecule has 6 heteroatoms. The van der Waals surface area contributed by atoms with Crippen molar-refractivity contribution in [1.82, 2.24) is 10.3 Å². The van der Waals surface area contributed by atoms with Crippen LogP contribution in [0.2, 0.25) is 5.02 Å². The molecule has 2 N–H and O–H groups in total. The molecule has 1 amide bonds. The van der Waals surface area contributed by atoms with Crippen molar-refractivity contribution in [2.24, 2.45) is 0 Å². The number of halogens is 1. The zero-order valence-corrected chi connectivity index (χ0v) is 13.6. The van der Waals surface area contributed by atoms with Crippen LogP contribution in [0.4, 0.5) is 5.82 Å². The number of anilines is 1. The van der Waals surface area contributed by atoms with Gasteiger partial charge >= 0.3 is 0 Å². The van der Waals surface area contributed by atoms with Crippen LogP contribution in [0.5, 0.6) is 0 Å². The molecule has 0 fully saturated rings. The third-order valence-electron chi connectivity index (χ3n) is 3.09. The minimum absolute atomic E-state index is 0.00129. The smallest absolute Gasteiger partial charge is 0.272 e. The molecule has 2 aromatic heterocycles. The van der Waals surface area contributed by atoms with Crippen LogP contribution in [0.15, 0.2) is 29.6 Å². The molecule has 0 aliphatic heterocycles. The second kappa shape index (κ2) is 7.43. The molecule has 1 atom stereocenters. The highest BCUT2D eigenvalue weighted by atomic mass is 35.5. The largest absolute Gasteiger partial charge is 0.373 e. The summed E-state index contributed by atoms with van der Waals surface area (Å²) in [6.07, 6.45) is 1.87. The first-order valence-corrected chi connectivity index (χ1v) is 8.10. The topological polar surface area (TPSA) is 54.0 Å². The van der Waals surface area contributed by atoms with E-state index in [1.807, 2.05) is 17.5 Å². The van der Waals surface area contributed by atoms with Gasteiger partial charge in [0.15, 0.2) is 0 Å². The Morgan fingerprint density at radius 1 is 1.43 bits per heavy atom. The number of rotatable bonds is 6. The molecular formula is C15H18ClN3OS. The van der Waals surface area contributed by atoms with Crippen LogP contribution in [-0.4, -0.2) is 17.9 Å². The predicted molar refractivity (Wildman–Crippen MR) is 88.2 cm³/mol. The van der Waals surface area contributed by atoms with Gasteiger partial charge in [0, 0.05) is 11.9 Å². The maximum absolute atomic E-state index is 12.4. The lowest BCUT2D eigenvalue weighted by Crippen LogP contribution is -2.29. The maximum Gasteiger partial charge on any atom is 0.272 e. The van der Waals surface area contributed by atoms with Crippen molar-refractivity contribution in [2.45, 2.75) is 25.8 Å². The predicted octanol–water partition coefficient (Wildman–Crippen LogP) is 4.11. The Bertz CT molecular complexity index is 601. The molecule has 0 saturated heterocycles. The highest BCUT2D eigenvalue weighted by Gasteiger charge is 2.19. The van der Waals surface area contributed by atoms with Crippen LogP contribution in [0.3, 0.4) is 0 Å². The SMILES string of the molecule is CCCC(NC(=O)c1nc(NC)ccc1Cl)c1cccs1. The fraction of sp³-hybridized carbons (Fsp3) is 0.333. The van der Waals surface area contributed by atoms with Crippen molar-refractivity contribution in [3.63, 3.8) is 0 Å². The average molecular weight is 324 g/mol. The molecule has 0 aliphatic carbocycles. The van der Waals surface area contributed by atoms with E-state index in [1.54, 1.807) is 30.5 Å². The minimum Gasteiger partial charge on any atom is -0.373 e. The number of carbonyl (C=O) groups is 1. The van der Waals surface area contributed by atoms with Crippen molar-refractivity contribution in [2.75, 3.05) is 12.4 Å². The van der Waals surface area contributed by atoms with Gasteiger partial charge in [0.1, 0.15) is 11.5 Å². The van der Waals surface area contributed by atoms with Crippen molar-refractivity contribution in [3.8, 4) is 0 Å². The Morgan fingerprint density at radius 2 is 2.24 bits per heavy atom. The molecule has 0 radical (unpaired) electrons. The van der Waals surface area contributed by atoms with Crippen molar-refractivity contribution in [1.29, 1.82) is 0 Å². The Hall–Kier alpha value is -1.59. The van der Waals surface area contributed by atoms with Crippen LogP contribution < -0.4 is 10.6 Å². The van der Waals surface area contributed by atoms with Gasteiger partial charge in [-0.05, 0) is 30.0 Å². The van der Waals surface area contributed by atoms with Crippen molar-refractivity contribution < 1.29 is 4.79 Å². The van der Waals surface area contributed by atoms with Crippen molar-refractivity contribution >= 4 is 34.7 Å². The van der Waals surface area contributed by atoms with Gasteiger partial charge < -0.3 is 10.6 Å². The lowest BCUT2D eigenvalue weighted by Gasteiger charge is -2.17. The van der Waals surface area contributed by atoms with Gasteiger partial charge in [-0.1, -0.05) is 31.0 Å². The van der Waals surface area contributed by atoms with Gasteiger partial charge in [-0.3, -0.25) is 4.79 Å². The van der Waals surface area contributed by atoms with Gasteiger partial charge in [0.25, 0.3) is 5.91 Å². The first kappa shape index (κ1) is 15.8. The Morgan fingerprint density at radius 3 is 2.86 bits per heavy atom. The van der Waals surface area contributed by atoms with E-state index in [4.69, 9.17) is 11.6 Å². The number of thiophene rings is 1. The summed E-state index contributed by atoms with van der Waals surface area (Å²) in [5.74, 6) is 0.372. The summed E-state index contributed by atoms with van der Waals surface area (Å²) in [5, 5.41) is 8.30. The van der Waals surface area contributed by atoms with Crippen molar-refractivity contribution in [3.05, 3.63) is 45.2 Å². The summed E-state index contributed by atoms with van der Waals surface area (Å²) in [5.41, 5.74) is 0.251. The van der Waals surface area contributed by atoms with Gasteiger partial charge in [0.2, 0.25) is 0 Å². The molecular weight excluding hydrogens is 306 g/mol. The molecule has 2 heterocycles. The molecule has 0 aliphatic rings. The Labute approximate surface area is 133 Å². The van der Waals surface area contributed by atoms with E-state index in [9.17, 15) is 4.79 Å². The molecule has 2 aromatic rings. The van der Waals surface area contributed by atoms with E-state index < -0.39 is 0 Å². The zero-order chi connectivity index (χ0) is 15.2. The summed E-state index contributed by atoms with van der Waals surface area (Å²) in [6.45, 7) is 2.10. The van der Waals surface area contributed by atoms with Crippen LogP contribution in [0.25, 0.3) is 0 Å². The first-order valence-electron chi connectivity index (χ1n) is 6.84. The van der Waals surface area contributed by atoms with E-state index >= 15 is 0 Å². The maximum atomic E-state index is 12.4. The monoisotopic (exact) mass is 323 g/mol. The number of hydrogen-bond donors (Lipinski definition) is 2. The number of nitrogens with one attached hydrogen (secondary N) is 2. The van der Waals surface area contributed by atoms with E-state index in [-0.39, 0.29) is 17.6 Å². The molecule has 112 valence electrons. The van der Waals surface area contributed by atoms with E-state index in [0.29, 0.717) is 10.8 Å². The lowest BCUT2D eigenvalue weighted by molar-refractivity contribution is 0.0930. The zero-order valence-electron chi connectivity index (χ0n) is 12.0. The summed E-state index contributed by atoms with van der Waals surface area (Å²) in [6, 6.07) is 7.43. The molecule has 4 nitrogen and oxygen atoms in total. The van der Waals surface area contributed by atoms with E-state index in [2.05, 4.69) is 22.5 Å². The summed E-state index contributed by atoms with van der Waals surface area (Å²) < 4.78 is 0. The van der Waals surface area contributed by atoms with E-state index in [1.165, 1.54) is 0 Å². The second-order valence-corrected chi connectivity index (χ2v) is 5.99. The van der Waals surface area contributed by atoms with Gasteiger partial charge in [-0.2, -0.15) is 0 Å². The quantitative estimate of drug-likeness (QED) is 0.841. The number of aromatic nitrogens is 1. The fourth-order valence-electron chi connectivity index (χ4n) is 2.03. The van der Waals surface area contributed by atoms with Crippen LogP contribution in [-0.2, 0) is 0 Å². The molecule has 1 unspecified atom stereocenters. The number of amides is 1. The number of nitrogens with zero attached hydrogens (tertiary/aromatic N) is 1. The average Bonchev–Trinajstić information content (AvgIpc) is 3.01. The molecule has 2 rings (SSSR count). The highest BCUT2D eigenvalue weighted by molar-refractivity contribution is 7.10. The first-order chi connectivity index (χ1) is 10.2. The fourth-order valence-corrected chi connectivity index (χ4v) is 3.03. The lowest BCUT2D eigenvalue weighted by atomic mass is 10.1. The summed E-state index contributed by atoms with van der Waals surface area (Å²) in [7, 11) is 1.75. The van der Waals surface area contributed by atoms with Gasteiger partial charge in [-0.25, -0.2) is 4.98 Å². The third-order valence-corrected chi connectivity index (χ3v) is 4.38. The minimum atomic E-state index is -0.246. The van der Waals surface area contributed by atoms with Gasteiger partial charge in [-0.15, -0.1) is 11.3 Å². The molecule has 0 bridgehead atoms. The van der Waals surface area contributed by atoms with Gasteiger partial charge in [0.05, 0.1) is 11.1 Å². The normalized spacial score (nSPS) is 12.0. The van der Waals surface area contributed by atoms with Crippen LogP contribution >= 0.6 is 22.9 Å². The number of pyridine rings is 1. The van der Waals surface area contributed by atoms with Crippen LogP contribution in [0, 0.1) is 0 Å². The molecule has 21 heavy (non-hydrogen) atoms. The molecule has 0 spiro atoms. The molecule has 0 aromatic carbocycles. The number of carbonyl (C=O) groups excluding carboxylic acids is 1.